The van der Waals surface area contributed by atoms with Crippen LogP contribution in [-0.4, -0.2) is 36.9 Å². The number of methoxy groups -OCH3 is 1. The number of hydrogen-bond acceptors (Lipinski definition) is 5. The second kappa shape index (κ2) is 8.98. The number of hydrazone groups is 1. The standard InChI is InChI=1S/C27H24ClN3O3S/c1-17-26(27(19-7-5-4-6-8-19)22-15-20(28)11-14-23(22)29-17)24-16-25(31(30-24)35(3,32)33)18-9-12-21(34-2)13-10-18/h4-15,25H,16H2,1-3H3/t25-/m1/s1. The fourth-order valence-corrected chi connectivity index (χ4v) is 5.71. The Hall–Kier alpha value is -3.42. The molecule has 0 spiro atoms. The van der Waals surface area contributed by atoms with Crippen LogP contribution in [0.4, 0.5) is 0 Å². The van der Waals surface area contributed by atoms with E-state index in [1.165, 1.54) is 10.7 Å². The molecule has 0 amide bonds. The molecule has 0 fully saturated rings. The van der Waals surface area contributed by atoms with E-state index in [1.807, 2.05) is 79.7 Å². The number of aryl methyl sites for hydroxylation is 1. The zero-order valence-electron chi connectivity index (χ0n) is 19.6. The second-order valence-electron chi connectivity index (χ2n) is 8.55. The number of benzene rings is 3. The Morgan fingerprint density at radius 2 is 1.71 bits per heavy atom. The lowest BCUT2D eigenvalue weighted by atomic mass is 9.89. The van der Waals surface area contributed by atoms with E-state index in [2.05, 4.69) is 5.10 Å². The first-order valence-electron chi connectivity index (χ1n) is 11.1. The van der Waals surface area contributed by atoms with Gasteiger partial charge < -0.3 is 4.74 Å². The minimum absolute atomic E-state index is 0.411. The third kappa shape index (κ3) is 4.37. The van der Waals surface area contributed by atoms with Crippen molar-refractivity contribution in [2.24, 2.45) is 5.10 Å². The molecule has 1 aliphatic rings. The Labute approximate surface area is 209 Å². The summed E-state index contributed by atoms with van der Waals surface area (Å²) in [5, 5.41) is 6.16. The van der Waals surface area contributed by atoms with E-state index in [9.17, 15) is 8.42 Å². The van der Waals surface area contributed by atoms with Gasteiger partial charge in [0.1, 0.15) is 5.75 Å². The summed E-state index contributed by atoms with van der Waals surface area (Å²) in [5.74, 6) is 0.705. The van der Waals surface area contributed by atoms with E-state index >= 15 is 0 Å². The van der Waals surface area contributed by atoms with Gasteiger partial charge >= 0.3 is 0 Å². The van der Waals surface area contributed by atoms with Crippen LogP contribution in [0.1, 0.15) is 29.3 Å². The molecule has 0 bridgehead atoms. The molecule has 0 unspecified atom stereocenters. The van der Waals surface area contributed by atoms with Crippen LogP contribution in [0.25, 0.3) is 22.0 Å². The number of aromatic nitrogens is 1. The molecule has 0 radical (unpaired) electrons. The van der Waals surface area contributed by atoms with Crippen molar-refractivity contribution in [3.63, 3.8) is 0 Å². The van der Waals surface area contributed by atoms with Crippen LogP contribution in [-0.2, 0) is 10.0 Å². The Kier molecular flexibility index (Phi) is 5.99. The molecule has 3 aromatic carbocycles. The highest BCUT2D eigenvalue weighted by molar-refractivity contribution is 7.88. The minimum atomic E-state index is -3.62. The lowest BCUT2D eigenvalue weighted by Crippen LogP contribution is -2.25. The van der Waals surface area contributed by atoms with Crippen LogP contribution >= 0.6 is 11.6 Å². The number of fused-ring (bicyclic) bond motifs is 1. The molecule has 1 atom stereocenters. The molecule has 1 aliphatic heterocycles. The third-order valence-electron chi connectivity index (χ3n) is 6.19. The molecule has 1 aromatic heterocycles. The van der Waals surface area contributed by atoms with E-state index < -0.39 is 16.1 Å². The lowest BCUT2D eigenvalue weighted by Gasteiger charge is -2.21. The highest BCUT2D eigenvalue weighted by Crippen LogP contribution is 2.40. The van der Waals surface area contributed by atoms with Crippen LogP contribution in [0.5, 0.6) is 5.75 Å². The smallest absolute Gasteiger partial charge is 0.247 e. The predicted octanol–water partition coefficient (Wildman–Crippen LogP) is 5.98. The molecule has 4 aromatic rings. The molecule has 2 heterocycles. The monoisotopic (exact) mass is 505 g/mol. The lowest BCUT2D eigenvalue weighted by molar-refractivity contribution is 0.374. The largest absolute Gasteiger partial charge is 0.497 e. The Balaban J connectivity index is 1.73. The summed E-state index contributed by atoms with van der Waals surface area (Å²) in [7, 11) is -2.02. The maximum Gasteiger partial charge on any atom is 0.247 e. The van der Waals surface area contributed by atoms with Crippen molar-refractivity contribution in [1.82, 2.24) is 9.40 Å². The Morgan fingerprint density at radius 1 is 1.00 bits per heavy atom. The summed E-state index contributed by atoms with van der Waals surface area (Å²) in [5.41, 5.74) is 5.87. The van der Waals surface area contributed by atoms with Crippen LogP contribution in [0, 0.1) is 6.92 Å². The molecule has 0 saturated heterocycles. The zero-order chi connectivity index (χ0) is 24.7. The fraction of sp³-hybridized carbons (Fsp3) is 0.185. The van der Waals surface area contributed by atoms with Crippen LogP contribution in [0.15, 0.2) is 77.9 Å². The number of hydrogen-bond donors (Lipinski definition) is 0. The summed E-state index contributed by atoms with van der Waals surface area (Å²) in [6.45, 7) is 1.93. The number of ether oxygens (including phenoxy) is 1. The quantitative estimate of drug-likeness (QED) is 0.334. The maximum atomic E-state index is 12.8. The van der Waals surface area contributed by atoms with Gasteiger partial charge in [-0.3, -0.25) is 4.98 Å². The summed E-state index contributed by atoms with van der Waals surface area (Å²) in [6, 6.07) is 22.6. The minimum Gasteiger partial charge on any atom is -0.497 e. The molecule has 8 heteroatoms. The van der Waals surface area contributed by atoms with Crippen molar-refractivity contribution < 1.29 is 13.2 Å². The maximum absolute atomic E-state index is 12.8. The van der Waals surface area contributed by atoms with E-state index in [0.717, 1.165) is 38.9 Å². The Morgan fingerprint density at radius 3 is 2.37 bits per heavy atom. The van der Waals surface area contributed by atoms with Gasteiger partial charge in [-0.05, 0) is 48.4 Å². The van der Waals surface area contributed by atoms with Gasteiger partial charge in [0.25, 0.3) is 0 Å². The van der Waals surface area contributed by atoms with Gasteiger partial charge in [0.2, 0.25) is 10.0 Å². The summed E-state index contributed by atoms with van der Waals surface area (Å²) < 4.78 is 32.0. The van der Waals surface area contributed by atoms with Crippen molar-refractivity contribution in [3.8, 4) is 16.9 Å². The highest BCUT2D eigenvalue weighted by Gasteiger charge is 2.36. The fourth-order valence-electron chi connectivity index (χ4n) is 4.64. The van der Waals surface area contributed by atoms with Crippen LogP contribution < -0.4 is 4.74 Å². The van der Waals surface area contributed by atoms with Gasteiger partial charge in [-0.25, -0.2) is 8.42 Å². The molecular formula is C27H24ClN3O3S. The molecule has 5 rings (SSSR count). The van der Waals surface area contributed by atoms with E-state index in [0.29, 0.717) is 22.9 Å². The van der Waals surface area contributed by atoms with Gasteiger partial charge in [-0.2, -0.15) is 9.52 Å². The van der Waals surface area contributed by atoms with Gasteiger partial charge in [-0.1, -0.05) is 54.1 Å². The third-order valence-corrected chi connectivity index (χ3v) is 7.44. The number of rotatable bonds is 5. The van der Waals surface area contributed by atoms with E-state index in [-0.39, 0.29) is 0 Å². The van der Waals surface area contributed by atoms with Crippen molar-refractivity contribution in [2.45, 2.75) is 19.4 Å². The Bertz CT molecular complexity index is 1550. The number of pyridine rings is 1. The summed E-state index contributed by atoms with van der Waals surface area (Å²) in [6.07, 6.45) is 1.59. The molecule has 178 valence electrons. The molecule has 0 aliphatic carbocycles. The average molecular weight is 506 g/mol. The zero-order valence-corrected chi connectivity index (χ0v) is 21.1. The molecule has 6 nitrogen and oxygen atoms in total. The van der Waals surface area contributed by atoms with Crippen molar-refractivity contribution >= 4 is 38.2 Å². The highest BCUT2D eigenvalue weighted by atomic mass is 35.5. The number of halogens is 1. The van der Waals surface area contributed by atoms with E-state index in [1.54, 1.807) is 7.11 Å². The second-order valence-corrected chi connectivity index (χ2v) is 10.8. The van der Waals surface area contributed by atoms with Crippen molar-refractivity contribution in [3.05, 3.63) is 94.6 Å². The number of sulfonamides is 1. The van der Waals surface area contributed by atoms with Crippen molar-refractivity contribution in [2.75, 3.05) is 13.4 Å². The summed E-state index contributed by atoms with van der Waals surface area (Å²) in [4.78, 5) is 4.83. The molecule has 35 heavy (non-hydrogen) atoms. The molecule has 0 saturated carbocycles. The average Bonchev–Trinajstić information content (AvgIpc) is 3.30. The van der Waals surface area contributed by atoms with Gasteiger partial charge in [0.15, 0.2) is 0 Å². The molecule has 0 N–H and O–H groups in total. The first-order chi connectivity index (χ1) is 16.8. The van der Waals surface area contributed by atoms with Gasteiger partial charge in [-0.15, -0.1) is 0 Å². The van der Waals surface area contributed by atoms with Gasteiger partial charge in [0.05, 0.1) is 30.6 Å². The topological polar surface area (TPSA) is 71.9 Å². The SMILES string of the molecule is COc1ccc([C@H]2CC(c3c(C)nc4ccc(Cl)cc4c3-c3ccccc3)=NN2S(C)(=O)=O)cc1. The van der Waals surface area contributed by atoms with E-state index in [4.69, 9.17) is 21.3 Å². The first kappa shape index (κ1) is 23.3. The predicted molar refractivity (Wildman–Crippen MR) is 140 cm³/mol. The van der Waals surface area contributed by atoms with Crippen LogP contribution in [0.2, 0.25) is 5.02 Å². The van der Waals surface area contributed by atoms with Crippen LogP contribution in [0.3, 0.4) is 0 Å². The van der Waals surface area contributed by atoms with Gasteiger partial charge in [0, 0.05) is 33.7 Å². The first-order valence-corrected chi connectivity index (χ1v) is 13.4. The molecular weight excluding hydrogens is 482 g/mol. The van der Waals surface area contributed by atoms with Crippen molar-refractivity contribution in [1.29, 1.82) is 0 Å². The summed E-state index contributed by atoms with van der Waals surface area (Å²) >= 11 is 6.39. The normalized spacial score (nSPS) is 15.9. The number of nitrogens with zero attached hydrogens (tertiary/aromatic N) is 3.